The molecule has 174 valence electrons. The Bertz CT molecular complexity index is 1430. The predicted molar refractivity (Wildman–Crippen MR) is 138 cm³/mol. The SMILES string of the molecule is CCc1nc2c(C(=N)N=C(C)N)cc(N3CCOCC3)cc2n1-c1ccnc2c(Cl)cccc12. The summed E-state index contributed by atoms with van der Waals surface area (Å²) in [6.07, 6.45) is 2.48. The second-order valence-corrected chi connectivity index (χ2v) is 8.65. The summed E-state index contributed by atoms with van der Waals surface area (Å²) in [6, 6.07) is 11.9. The number of aryl methyl sites for hydroxylation is 1. The molecule has 1 aliphatic rings. The van der Waals surface area contributed by atoms with E-state index in [-0.39, 0.29) is 5.84 Å². The van der Waals surface area contributed by atoms with Gasteiger partial charge < -0.3 is 15.4 Å². The lowest BCUT2D eigenvalue weighted by Crippen LogP contribution is -2.36. The summed E-state index contributed by atoms with van der Waals surface area (Å²) < 4.78 is 7.70. The molecule has 1 saturated heterocycles. The van der Waals surface area contributed by atoms with Gasteiger partial charge in [0.1, 0.15) is 11.3 Å². The van der Waals surface area contributed by atoms with Crippen molar-refractivity contribution in [3.05, 3.63) is 59.0 Å². The number of para-hydroxylation sites is 1. The minimum absolute atomic E-state index is 0.0926. The van der Waals surface area contributed by atoms with Crippen molar-refractivity contribution in [3.63, 3.8) is 0 Å². The molecule has 9 heteroatoms. The number of amidine groups is 2. The number of morpholine rings is 1. The van der Waals surface area contributed by atoms with Gasteiger partial charge in [-0.05, 0) is 31.2 Å². The molecule has 0 radical (unpaired) electrons. The molecule has 0 atom stereocenters. The predicted octanol–water partition coefficient (Wildman–Crippen LogP) is 4.33. The molecular formula is C25H26ClN7O. The average Bonchev–Trinajstić information content (AvgIpc) is 3.22. The van der Waals surface area contributed by atoms with Crippen LogP contribution in [0.2, 0.25) is 5.02 Å². The van der Waals surface area contributed by atoms with Crippen LogP contribution in [0.25, 0.3) is 27.6 Å². The summed E-state index contributed by atoms with van der Waals surface area (Å²) in [5.41, 5.74) is 10.8. The molecule has 2 aromatic heterocycles. The number of aliphatic imine (C=N–C) groups is 1. The Balaban J connectivity index is 1.83. The molecule has 3 N–H and O–H groups in total. The second kappa shape index (κ2) is 9.04. The van der Waals surface area contributed by atoms with Crippen LogP contribution in [-0.2, 0) is 11.2 Å². The monoisotopic (exact) mass is 475 g/mol. The van der Waals surface area contributed by atoms with Gasteiger partial charge in [-0.3, -0.25) is 15.0 Å². The van der Waals surface area contributed by atoms with Crippen LogP contribution in [0.4, 0.5) is 5.69 Å². The first-order chi connectivity index (χ1) is 16.5. The number of anilines is 1. The number of hydrogen-bond acceptors (Lipinski definition) is 5. The van der Waals surface area contributed by atoms with E-state index in [9.17, 15) is 0 Å². The number of imidazole rings is 1. The van der Waals surface area contributed by atoms with Crippen molar-refractivity contribution in [2.45, 2.75) is 20.3 Å². The van der Waals surface area contributed by atoms with E-state index in [1.807, 2.05) is 30.3 Å². The molecule has 0 aliphatic carbocycles. The van der Waals surface area contributed by atoms with E-state index < -0.39 is 0 Å². The smallest absolute Gasteiger partial charge is 0.156 e. The number of pyridine rings is 1. The molecule has 0 saturated carbocycles. The Kier molecular flexibility index (Phi) is 5.93. The Labute approximate surface area is 202 Å². The van der Waals surface area contributed by atoms with Crippen LogP contribution in [0.5, 0.6) is 0 Å². The summed E-state index contributed by atoms with van der Waals surface area (Å²) in [4.78, 5) is 16.0. The third kappa shape index (κ3) is 3.89. The Morgan fingerprint density at radius 2 is 2.00 bits per heavy atom. The number of nitrogens with two attached hydrogens (primary N) is 1. The number of rotatable bonds is 4. The third-order valence-corrected chi connectivity index (χ3v) is 6.29. The van der Waals surface area contributed by atoms with Crippen LogP contribution in [0, 0.1) is 5.41 Å². The van der Waals surface area contributed by atoms with E-state index in [1.165, 1.54) is 0 Å². The highest BCUT2D eigenvalue weighted by atomic mass is 35.5. The van der Waals surface area contributed by atoms with E-state index in [1.54, 1.807) is 13.1 Å². The van der Waals surface area contributed by atoms with Gasteiger partial charge in [0.05, 0.1) is 40.8 Å². The molecule has 1 aliphatic heterocycles. The fourth-order valence-corrected chi connectivity index (χ4v) is 4.68. The van der Waals surface area contributed by atoms with Crippen molar-refractivity contribution in [2.24, 2.45) is 10.7 Å². The Hall–Kier alpha value is -3.49. The Morgan fingerprint density at radius 3 is 2.74 bits per heavy atom. The highest BCUT2D eigenvalue weighted by Crippen LogP contribution is 2.34. The van der Waals surface area contributed by atoms with E-state index >= 15 is 0 Å². The number of halogens is 1. The minimum Gasteiger partial charge on any atom is -0.387 e. The highest BCUT2D eigenvalue weighted by Gasteiger charge is 2.22. The number of hydrogen-bond donors (Lipinski definition) is 2. The van der Waals surface area contributed by atoms with Crippen molar-refractivity contribution in [3.8, 4) is 5.69 Å². The summed E-state index contributed by atoms with van der Waals surface area (Å²) in [5.74, 6) is 1.30. The molecule has 34 heavy (non-hydrogen) atoms. The van der Waals surface area contributed by atoms with Crippen LogP contribution in [0.1, 0.15) is 25.2 Å². The average molecular weight is 476 g/mol. The van der Waals surface area contributed by atoms with Crippen LogP contribution < -0.4 is 10.6 Å². The van der Waals surface area contributed by atoms with E-state index in [0.29, 0.717) is 36.1 Å². The van der Waals surface area contributed by atoms with Gasteiger partial charge in [0.2, 0.25) is 0 Å². The molecule has 2 aromatic carbocycles. The number of nitrogens with one attached hydrogen (secondary N) is 1. The van der Waals surface area contributed by atoms with Crippen LogP contribution >= 0.6 is 11.6 Å². The van der Waals surface area contributed by atoms with Gasteiger partial charge in [0.15, 0.2) is 5.84 Å². The highest BCUT2D eigenvalue weighted by molar-refractivity contribution is 6.35. The van der Waals surface area contributed by atoms with Crippen molar-refractivity contribution >= 4 is 50.9 Å². The van der Waals surface area contributed by atoms with E-state index in [2.05, 4.69) is 32.4 Å². The maximum Gasteiger partial charge on any atom is 0.156 e. The molecule has 3 heterocycles. The van der Waals surface area contributed by atoms with Crippen molar-refractivity contribution < 1.29 is 4.74 Å². The molecule has 0 bridgehead atoms. The molecule has 0 spiro atoms. The molecule has 4 aromatic rings. The maximum absolute atomic E-state index is 8.67. The molecule has 1 fully saturated rings. The van der Waals surface area contributed by atoms with Crippen LogP contribution in [0.15, 0.2) is 47.6 Å². The first kappa shape index (κ1) is 22.3. The number of benzene rings is 2. The summed E-state index contributed by atoms with van der Waals surface area (Å²) in [6.45, 7) is 6.64. The molecule has 0 unspecified atom stereocenters. The third-order valence-electron chi connectivity index (χ3n) is 5.99. The zero-order valence-electron chi connectivity index (χ0n) is 19.2. The summed E-state index contributed by atoms with van der Waals surface area (Å²) >= 11 is 6.46. The first-order valence-corrected chi connectivity index (χ1v) is 11.7. The number of ether oxygens (including phenoxy) is 1. The van der Waals surface area contributed by atoms with Crippen LogP contribution in [0.3, 0.4) is 0 Å². The van der Waals surface area contributed by atoms with Crippen molar-refractivity contribution in [1.29, 1.82) is 5.41 Å². The maximum atomic E-state index is 8.67. The van der Waals surface area contributed by atoms with Gasteiger partial charge in [-0.2, -0.15) is 0 Å². The van der Waals surface area contributed by atoms with Gasteiger partial charge in [-0.1, -0.05) is 30.7 Å². The lowest BCUT2D eigenvalue weighted by atomic mass is 10.1. The van der Waals surface area contributed by atoms with Crippen molar-refractivity contribution in [2.75, 3.05) is 31.2 Å². The number of nitrogens with zero attached hydrogens (tertiary/aromatic N) is 5. The zero-order chi connectivity index (χ0) is 23.8. The van der Waals surface area contributed by atoms with Gasteiger partial charge in [0, 0.05) is 42.3 Å². The molecule has 0 amide bonds. The van der Waals surface area contributed by atoms with E-state index in [0.717, 1.165) is 52.2 Å². The quantitative estimate of drug-likeness (QED) is 0.337. The zero-order valence-corrected chi connectivity index (χ0v) is 19.9. The Morgan fingerprint density at radius 1 is 1.21 bits per heavy atom. The lowest BCUT2D eigenvalue weighted by molar-refractivity contribution is 0.122. The second-order valence-electron chi connectivity index (χ2n) is 8.25. The lowest BCUT2D eigenvalue weighted by Gasteiger charge is -2.29. The normalized spacial score (nSPS) is 14.8. The number of aromatic nitrogens is 3. The largest absolute Gasteiger partial charge is 0.387 e. The van der Waals surface area contributed by atoms with Crippen LogP contribution in [-0.4, -0.2) is 52.5 Å². The summed E-state index contributed by atoms with van der Waals surface area (Å²) in [5, 5.41) is 10.2. The van der Waals surface area contributed by atoms with E-state index in [4.69, 9.17) is 32.5 Å². The van der Waals surface area contributed by atoms with Gasteiger partial charge in [-0.25, -0.2) is 9.98 Å². The topological polar surface area (TPSA) is 105 Å². The number of fused-ring (bicyclic) bond motifs is 2. The molecule has 8 nitrogen and oxygen atoms in total. The molecule has 5 rings (SSSR count). The van der Waals surface area contributed by atoms with Crippen molar-refractivity contribution in [1.82, 2.24) is 14.5 Å². The standard InChI is InChI=1S/C25H26ClN7O/c1-3-22-31-24-18(25(28)30-15(2)27)13-16(32-9-11-34-12-10-32)14-21(24)33(22)20-7-8-29-23-17(20)5-4-6-19(23)26/h4-8,13-14H,3,9-12H2,1-2H3,(H3,27,28,30). The summed E-state index contributed by atoms with van der Waals surface area (Å²) in [7, 11) is 0. The van der Waals surface area contributed by atoms with Gasteiger partial charge >= 0.3 is 0 Å². The first-order valence-electron chi connectivity index (χ1n) is 11.3. The fraction of sp³-hybridized carbons (Fsp3) is 0.280. The minimum atomic E-state index is 0.0926. The fourth-order valence-electron chi connectivity index (χ4n) is 4.46. The van der Waals surface area contributed by atoms with Gasteiger partial charge in [-0.15, -0.1) is 0 Å². The van der Waals surface area contributed by atoms with Gasteiger partial charge in [0.25, 0.3) is 0 Å². The molecular weight excluding hydrogens is 450 g/mol.